The summed E-state index contributed by atoms with van der Waals surface area (Å²) in [6.45, 7) is 8.52. The molecule has 0 aliphatic rings. The smallest absolute Gasteiger partial charge is 0.368 e. The quantitative estimate of drug-likeness (QED) is 0.907. The van der Waals surface area contributed by atoms with Crippen LogP contribution in [0.3, 0.4) is 0 Å². The Hall–Kier alpha value is -1.77. The third kappa shape index (κ3) is 3.86. The Labute approximate surface area is 116 Å². The molecule has 1 N–H and O–H groups in total. The molecule has 3 nitrogen and oxygen atoms in total. The highest BCUT2D eigenvalue weighted by Crippen LogP contribution is 2.30. The molecule has 0 fully saturated rings. The highest BCUT2D eigenvalue weighted by Gasteiger charge is 2.33. The Bertz CT molecular complexity index is 513. The van der Waals surface area contributed by atoms with Crippen LogP contribution in [-0.4, -0.2) is 11.5 Å². The molecule has 0 unspecified atom stereocenters. The van der Waals surface area contributed by atoms with Crippen molar-refractivity contribution in [3.05, 3.63) is 23.4 Å². The third-order valence-electron chi connectivity index (χ3n) is 3.58. The van der Waals surface area contributed by atoms with Gasteiger partial charge in [0.1, 0.15) is 17.6 Å². The maximum absolute atomic E-state index is 12.6. The number of rotatable bonds is 4. The van der Waals surface area contributed by atoms with Gasteiger partial charge in [0.05, 0.1) is 5.56 Å². The van der Waals surface area contributed by atoms with E-state index >= 15 is 0 Å². The first-order valence-corrected chi connectivity index (χ1v) is 6.30. The molecule has 0 bridgehead atoms. The van der Waals surface area contributed by atoms with E-state index in [0.717, 1.165) is 12.1 Å². The molecule has 1 aromatic rings. The number of nitrogens with zero attached hydrogens (tertiary/aromatic N) is 2. The fraction of sp³-hybridized carbons (Fsp3) is 0.571. The highest BCUT2D eigenvalue weighted by atomic mass is 19.4. The summed E-state index contributed by atoms with van der Waals surface area (Å²) in [5.74, 6) is 0.322. The minimum Gasteiger partial charge on any atom is -0.368 e. The largest absolute Gasteiger partial charge is 0.433 e. The van der Waals surface area contributed by atoms with Crippen molar-refractivity contribution in [1.29, 1.82) is 5.26 Å². The van der Waals surface area contributed by atoms with Crippen LogP contribution in [0.25, 0.3) is 0 Å². The van der Waals surface area contributed by atoms with Gasteiger partial charge in [-0.2, -0.15) is 18.4 Å². The minimum atomic E-state index is -4.52. The van der Waals surface area contributed by atoms with Crippen LogP contribution in [0.15, 0.2) is 12.1 Å². The molecule has 0 aromatic carbocycles. The number of alkyl halides is 3. The average Bonchev–Trinajstić information content (AvgIpc) is 2.34. The van der Waals surface area contributed by atoms with Crippen molar-refractivity contribution >= 4 is 5.82 Å². The molecule has 0 amide bonds. The molecule has 20 heavy (non-hydrogen) atoms. The lowest BCUT2D eigenvalue weighted by molar-refractivity contribution is -0.141. The molecule has 6 heteroatoms. The van der Waals surface area contributed by atoms with Crippen molar-refractivity contribution in [1.82, 2.24) is 4.98 Å². The maximum Gasteiger partial charge on any atom is 0.433 e. The van der Waals surface area contributed by atoms with Crippen LogP contribution in [0.2, 0.25) is 0 Å². The van der Waals surface area contributed by atoms with Gasteiger partial charge in [0.25, 0.3) is 0 Å². The van der Waals surface area contributed by atoms with Gasteiger partial charge in [-0.05, 0) is 23.5 Å². The topological polar surface area (TPSA) is 48.7 Å². The standard InChI is InChI=1S/C14H18F3N3/c1-9(2)13(3,4)8-19-12-10(7-18)5-6-11(20-12)14(15,16)17/h5-6,9H,8H2,1-4H3,(H,19,20). The molecule has 0 radical (unpaired) electrons. The monoisotopic (exact) mass is 285 g/mol. The van der Waals surface area contributed by atoms with Crippen molar-refractivity contribution in [2.45, 2.75) is 33.9 Å². The Morgan fingerprint density at radius 3 is 2.35 bits per heavy atom. The minimum absolute atomic E-state index is 0.0175. The molecule has 0 atom stereocenters. The number of anilines is 1. The summed E-state index contributed by atoms with van der Waals surface area (Å²) in [6.07, 6.45) is -4.52. The molecular formula is C14H18F3N3. The van der Waals surface area contributed by atoms with E-state index < -0.39 is 11.9 Å². The van der Waals surface area contributed by atoms with E-state index in [-0.39, 0.29) is 16.8 Å². The summed E-state index contributed by atoms with van der Waals surface area (Å²) in [5, 5.41) is 11.8. The second-order valence-corrected chi connectivity index (χ2v) is 5.70. The van der Waals surface area contributed by atoms with Crippen molar-refractivity contribution < 1.29 is 13.2 Å². The van der Waals surface area contributed by atoms with Crippen LogP contribution < -0.4 is 5.32 Å². The van der Waals surface area contributed by atoms with E-state index in [2.05, 4.69) is 10.3 Å². The van der Waals surface area contributed by atoms with Crippen molar-refractivity contribution in [2.24, 2.45) is 11.3 Å². The van der Waals surface area contributed by atoms with Crippen LogP contribution in [0.4, 0.5) is 19.0 Å². The first kappa shape index (κ1) is 16.3. The lowest BCUT2D eigenvalue weighted by Crippen LogP contribution is -2.29. The van der Waals surface area contributed by atoms with Gasteiger partial charge in [-0.25, -0.2) is 4.98 Å². The molecule has 110 valence electrons. The summed E-state index contributed by atoms with van der Waals surface area (Å²) in [7, 11) is 0. The SMILES string of the molecule is CC(C)C(C)(C)CNc1nc(C(F)(F)F)ccc1C#N. The number of aromatic nitrogens is 1. The maximum atomic E-state index is 12.6. The van der Waals surface area contributed by atoms with E-state index in [9.17, 15) is 13.2 Å². The van der Waals surface area contributed by atoms with Gasteiger partial charge in [-0.15, -0.1) is 0 Å². The Balaban J connectivity index is 3.02. The first-order valence-electron chi connectivity index (χ1n) is 6.30. The van der Waals surface area contributed by atoms with Crippen molar-refractivity contribution in [2.75, 3.05) is 11.9 Å². The van der Waals surface area contributed by atoms with Crippen LogP contribution in [0, 0.1) is 22.7 Å². The van der Waals surface area contributed by atoms with Gasteiger partial charge in [-0.1, -0.05) is 27.7 Å². The predicted octanol–water partition coefficient (Wildman–Crippen LogP) is 4.07. The summed E-state index contributed by atoms with van der Waals surface area (Å²) in [6, 6.07) is 3.80. The van der Waals surface area contributed by atoms with Gasteiger partial charge < -0.3 is 5.32 Å². The zero-order valence-electron chi connectivity index (χ0n) is 12.0. The van der Waals surface area contributed by atoms with E-state index in [1.54, 1.807) is 0 Å². The Kier molecular flexibility index (Phi) is 4.64. The van der Waals surface area contributed by atoms with Gasteiger partial charge in [0.2, 0.25) is 0 Å². The fourth-order valence-electron chi connectivity index (χ4n) is 1.36. The summed E-state index contributed by atoms with van der Waals surface area (Å²) < 4.78 is 37.9. The van der Waals surface area contributed by atoms with Crippen LogP contribution in [0.5, 0.6) is 0 Å². The number of hydrogen-bond acceptors (Lipinski definition) is 3. The highest BCUT2D eigenvalue weighted by molar-refractivity contribution is 5.52. The van der Waals surface area contributed by atoms with E-state index in [4.69, 9.17) is 5.26 Å². The van der Waals surface area contributed by atoms with Crippen molar-refractivity contribution in [3.8, 4) is 6.07 Å². The third-order valence-corrected chi connectivity index (χ3v) is 3.58. The molecule has 1 rings (SSSR count). The summed E-state index contributed by atoms with van der Waals surface area (Å²) >= 11 is 0. The molecule has 0 aliphatic heterocycles. The molecule has 0 spiro atoms. The number of halogens is 3. The van der Waals surface area contributed by atoms with Gasteiger partial charge >= 0.3 is 6.18 Å². The van der Waals surface area contributed by atoms with Crippen LogP contribution >= 0.6 is 0 Å². The second-order valence-electron chi connectivity index (χ2n) is 5.70. The molecule has 1 heterocycles. The van der Waals surface area contributed by atoms with Crippen molar-refractivity contribution in [3.63, 3.8) is 0 Å². The fourth-order valence-corrected chi connectivity index (χ4v) is 1.36. The normalized spacial score (nSPS) is 12.3. The van der Waals surface area contributed by atoms with E-state index in [0.29, 0.717) is 12.5 Å². The van der Waals surface area contributed by atoms with Gasteiger partial charge in [0, 0.05) is 6.54 Å². The average molecular weight is 285 g/mol. The van der Waals surface area contributed by atoms with E-state index in [1.165, 1.54) is 0 Å². The first-order chi connectivity index (χ1) is 9.08. The number of hydrogen-bond donors (Lipinski definition) is 1. The molecule has 1 aromatic heterocycles. The molecule has 0 saturated carbocycles. The van der Waals surface area contributed by atoms with Crippen LogP contribution in [-0.2, 0) is 6.18 Å². The Morgan fingerprint density at radius 1 is 1.30 bits per heavy atom. The molecular weight excluding hydrogens is 267 g/mol. The van der Waals surface area contributed by atoms with Gasteiger partial charge in [-0.3, -0.25) is 0 Å². The Morgan fingerprint density at radius 2 is 1.90 bits per heavy atom. The zero-order chi connectivity index (χ0) is 15.6. The van der Waals surface area contributed by atoms with Crippen LogP contribution in [0.1, 0.15) is 39.0 Å². The summed E-state index contributed by atoms with van der Waals surface area (Å²) in [5.41, 5.74) is -1.01. The molecule has 0 saturated heterocycles. The second kappa shape index (κ2) is 5.70. The lowest BCUT2D eigenvalue weighted by atomic mass is 9.81. The number of nitriles is 1. The number of pyridine rings is 1. The predicted molar refractivity (Wildman–Crippen MR) is 71.1 cm³/mol. The zero-order valence-corrected chi connectivity index (χ0v) is 12.0. The van der Waals surface area contributed by atoms with E-state index in [1.807, 2.05) is 33.8 Å². The molecule has 0 aliphatic carbocycles. The number of nitrogens with one attached hydrogen (secondary N) is 1. The lowest BCUT2D eigenvalue weighted by Gasteiger charge is -2.29. The van der Waals surface area contributed by atoms with Gasteiger partial charge in [0.15, 0.2) is 0 Å². The summed E-state index contributed by atoms with van der Waals surface area (Å²) in [4.78, 5) is 3.52.